The molecule has 3 heteroatoms. The number of esters is 1. The van der Waals surface area contributed by atoms with Gasteiger partial charge in [0.1, 0.15) is 6.10 Å². The van der Waals surface area contributed by atoms with Crippen LogP contribution < -0.4 is 0 Å². The summed E-state index contributed by atoms with van der Waals surface area (Å²) in [4.78, 5) is 25.6. The van der Waals surface area contributed by atoms with Crippen molar-refractivity contribution in [3.05, 3.63) is 108 Å². The van der Waals surface area contributed by atoms with Crippen LogP contribution in [0.4, 0.5) is 0 Å². The third kappa shape index (κ3) is 6.70. The predicted octanol–water partition coefficient (Wildman–Crippen LogP) is 6.41. The van der Waals surface area contributed by atoms with Gasteiger partial charge in [-0.05, 0) is 49.5 Å². The van der Waals surface area contributed by atoms with Crippen molar-refractivity contribution in [1.82, 2.24) is 0 Å². The van der Waals surface area contributed by atoms with Gasteiger partial charge in [0.25, 0.3) is 0 Å². The number of ether oxygens (including phenoxy) is 1. The van der Waals surface area contributed by atoms with Crippen LogP contribution in [0.15, 0.2) is 79.9 Å². The summed E-state index contributed by atoms with van der Waals surface area (Å²) in [5.41, 5.74) is 3.90. The van der Waals surface area contributed by atoms with E-state index in [1.54, 1.807) is 12.2 Å². The quantitative estimate of drug-likeness (QED) is 0.189. The highest BCUT2D eigenvalue weighted by atomic mass is 16.5. The maximum Gasteiger partial charge on any atom is 0.339 e. The molecule has 0 amide bonds. The fraction of sp³-hybridized carbons (Fsp3) is 0.259. The van der Waals surface area contributed by atoms with Crippen molar-refractivity contribution in [2.24, 2.45) is 0 Å². The monoisotopic (exact) mass is 402 g/mol. The maximum atomic E-state index is 13.1. The van der Waals surface area contributed by atoms with Gasteiger partial charge >= 0.3 is 5.97 Å². The molecule has 3 nitrogen and oxygen atoms in total. The normalized spacial score (nSPS) is 11.8. The Morgan fingerprint density at radius 2 is 1.77 bits per heavy atom. The van der Waals surface area contributed by atoms with Gasteiger partial charge in [-0.15, -0.1) is 13.2 Å². The molecular formula is C27H30O3. The summed E-state index contributed by atoms with van der Waals surface area (Å²) in [6.45, 7) is 11.3. The molecule has 0 radical (unpaired) electrons. The number of carbonyl (C=O) groups excluding carboxylic acids is 2. The van der Waals surface area contributed by atoms with E-state index in [0.717, 1.165) is 29.5 Å². The van der Waals surface area contributed by atoms with Gasteiger partial charge < -0.3 is 4.74 Å². The topological polar surface area (TPSA) is 43.4 Å². The van der Waals surface area contributed by atoms with Crippen LogP contribution in [0, 0.1) is 13.8 Å². The van der Waals surface area contributed by atoms with Crippen LogP contribution in [0.2, 0.25) is 0 Å². The zero-order chi connectivity index (χ0) is 21.9. The molecule has 0 aliphatic heterocycles. The summed E-state index contributed by atoms with van der Waals surface area (Å²) in [5.74, 6) is -0.453. The molecule has 0 bridgehead atoms. The first kappa shape index (κ1) is 23.1. The highest BCUT2D eigenvalue weighted by Gasteiger charge is 2.22. The number of benzene rings is 2. The summed E-state index contributed by atoms with van der Waals surface area (Å²) >= 11 is 0. The van der Waals surface area contributed by atoms with Crippen LogP contribution in [0.25, 0.3) is 0 Å². The van der Waals surface area contributed by atoms with E-state index in [0.29, 0.717) is 17.5 Å². The van der Waals surface area contributed by atoms with E-state index < -0.39 is 12.1 Å². The van der Waals surface area contributed by atoms with Crippen LogP contribution in [0.5, 0.6) is 0 Å². The lowest BCUT2D eigenvalue weighted by molar-refractivity contribution is -0.114. The number of unbranched alkanes of at least 4 members (excludes halogenated alkanes) is 1. The zero-order valence-electron chi connectivity index (χ0n) is 17.9. The Morgan fingerprint density at radius 3 is 2.43 bits per heavy atom. The third-order valence-electron chi connectivity index (χ3n) is 4.77. The fourth-order valence-electron chi connectivity index (χ4n) is 3.42. The van der Waals surface area contributed by atoms with Gasteiger partial charge in [-0.3, -0.25) is 4.79 Å². The lowest BCUT2D eigenvalue weighted by Crippen LogP contribution is -2.16. The second-order valence-electron chi connectivity index (χ2n) is 7.36. The Labute approximate surface area is 179 Å². The second kappa shape index (κ2) is 11.7. The molecule has 0 aromatic heterocycles. The molecule has 2 aromatic carbocycles. The summed E-state index contributed by atoms with van der Waals surface area (Å²) in [6, 6.07) is 13.5. The molecule has 0 saturated carbocycles. The summed E-state index contributed by atoms with van der Waals surface area (Å²) in [6.07, 6.45) is 8.85. The van der Waals surface area contributed by atoms with Crippen molar-refractivity contribution in [3.63, 3.8) is 0 Å². The minimum Gasteiger partial charge on any atom is -0.454 e. The standard InChI is InChI=1S/C27H30O3/c1-5-7-8-12-16-24(28)19-23-18-20(3)17-21(4)26(23)27(29)30-25(13-6-2)22-14-10-9-11-15-22/h5-6,9-12,14-18,25H,1-2,7-8,13,19H2,3-4H3/b16-12+/t25-/m0/s1. The summed E-state index contributed by atoms with van der Waals surface area (Å²) in [5, 5.41) is 0. The predicted molar refractivity (Wildman–Crippen MR) is 123 cm³/mol. The number of hydrogen-bond donors (Lipinski definition) is 0. The number of carbonyl (C=O) groups is 2. The molecular weight excluding hydrogens is 372 g/mol. The van der Waals surface area contributed by atoms with Crippen molar-refractivity contribution in [2.75, 3.05) is 0 Å². The number of ketones is 1. The molecule has 156 valence electrons. The van der Waals surface area contributed by atoms with Gasteiger partial charge in [-0.2, -0.15) is 0 Å². The largest absolute Gasteiger partial charge is 0.454 e. The van der Waals surface area contributed by atoms with Gasteiger partial charge in [-0.25, -0.2) is 4.79 Å². The average Bonchev–Trinajstić information content (AvgIpc) is 2.71. The zero-order valence-corrected chi connectivity index (χ0v) is 17.9. The minimum absolute atomic E-state index is 0.0381. The molecule has 0 spiro atoms. The van der Waals surface area contributed by atoms with Gasteiger partial charge in [0.2, 0.25) is 0 Å². The maximum absolute atomic E-state index is 13.1. The van der Waals surface area contributed by atoms with E-state index in [-0.39, 0.29) is 12.2 Å². The molecule has 0 fully saturated rings. The van der Waals surface area contributed by atoms with E-state index in [4.69, 9.17) is 4.74 Å². The van der Waals surface area contributed by atoms with E-state index in [1.807, 2.05) is 68.5 Å². The third-order valence-corrected chi connectivity index (χ3v) is 4.77. The molecule has 1 atom stereocenters. The highest BCUT2D eigenvalue weighted by molar-refractivity contribution is 5.97. The first-order valence-electron chi connectivity index (χ1n) is 10.2. The van der Waals surface area contributed by atoms with Gasteiger partial charge in [0.15, 0.2) is 5.78 Å². The molecule has 0 unspecified atom stereocenters. The Balaban J connectivity index is 2.27. The molecule has 0 saturated heterocycles. The van der Waals surface area contributed by atoms with Crippen molar-refractivity contribution in [2.45, 2.75) is 45.6 Å². The number of rotatable bonds is 11. The lowest BCUT2D eigenvalue weighted by Gasteiger charge is -2.19. The van der Waals surface area contributed by atoms with E-state index in [2.05, 4.69) is 13.2 Å². The van der Waals surface area contributed by atoms with Crippen LogP contribution in [-0.4, -0.2) is 11.8 Å². The highest BCUT2D eigenvalue weighted by Crippen LogP contribution is 2.26. The molecule has 0 N–H and O–H groups in total. The van der Waals surface area contributed by atoms with Gasteiger partial charge in [0.05, 0.1) is 5.56 Å². The SMILES string of the molecule is C=CCC/C=C/C(=O)Cc1cc(C)cc(C)c1C(=O)O[C@@H](CC=C)c1ccccc1. The van der Waals surface area contributed by atoms with Crippen LogP contribution in [-0.2, 0) is 16.0 Å². The molecule has 0 aliphatic rings. The van der Waals surface area contributed by atoms with Crippen molar-refractivity contribution < 1.29 is 14.3 Å². The Hall–Kier alpha value is -3.20. The summed E-state index contributed by atoms with van der Waals surface area (Å²) < 4.78 is 5.87. The molecule has 30 heavy (non-hydrogen) atoms. The van der Waals surface area contributed by atoms with Crippen molar-refractivity contribution in [1.29, 1.82) is 0 Å². The first-order valence-corrected chi connectivity index (χ1v) is 10.2. The van der Waals surface area contributed by atoms with Crippen molar-refractivity contribution >= 4 is 11.8 Å². The number of aryl methyl sites for hydroxylation is 2. The Morgan fingerprint density at radius 1 is 1.03 bits per heavy atom. The summed E-state index contributed by atoms with van der Waals surface area (Å²) in [7, 11) is 0. The van der Waals surface area contributed by atoms with Crippen LogP contribution in [0.1, 0.15) is 58.0 Å². The van der Waals surface area contributed by atoms with Gasteiger partial charge in [-0.1, -0.05) is 66.3 Å². The molecule has 2 aromatic rings. The van der Waals surface area contributed by atoms with E-state index in [1.165, 1.54) is 0 Å². The molecule has 2 rings (SSSR count). The van der Waals surface area contributed by atoms with Crippen molar-refractivity contribution in [3.8, 4) is 0 Å². The smallest absolute Gasteiger partial charge is 0.339 e. The Bertz CT molecular complexity index is 923. The number of hydrogen-bond acceptors (Lipinski definition) is 3. The van der Waals surface area contributed by atoms with E-state index >= 15 is 0 Å². The first-order chi connectivity index (χ1) is 14.5. The van der Waals surface area contributed by atoms with E-state index in [9.17, 15) is 9.59 Å². The second-order valence-corrected chi connectivity index (χ2v) is 7.36. The molecule has 0 heterocycles. The van der Waals surface area contributed by atoms with Crippen LogP contribution in [0.3, 0.4) is 0 Å². The molecule has 0 aliphatic carbocycles. The Kier molecular flexibility index (Phi) is 9.02. The fourth-order valence-corrected chi connectivity index (χ4v) is 3.42. The van der Waals surface area contributed by atoms with Gasteiger partial charge in [0, 0.05) is 12.8 Å². The van der Waals surface area contributed by atoms with Crippen LogP contribution >= 0.6 is 0 Å². The average molecular weight is 403 g/mol. The lowest BCUT2D eigenvalue weighted by atomic mass is 9.95. The minimum atomic E-state index is -0.417. The number of allylic oxidation sites excluding steroid dienone is 3.